The molecule has 0 amide bonds. The molecule has 1 rings (SSSR count). The van der Waals surface area contributed by atoms with E-state index in [9.17, 15) is 0 Å². The predicted molar refractivity (Wildman–Crippen MR) is 65.9 cm³/mol. The summed E-state index contributed by atoms with van der Waals surface area (Å²) in [6.07, 6.45) is 3.80. The summed E-state index contributed by atoms with van der Waals surface area (Å²) >= 11 is 2.02. The van der Waals surface area contributed by atoms with Crippen molar-refractivity contribution in [3.8, 4) is 0 Å². The minimum atomic E-state index is 0.413. The molecule has 0 heterocycles. The molecule has 1 atom stereocenters. The molecule has 0 radical (unpaired) electrons. The van der Waals surface area contributed by atoms with Gasteiger partial charge in [-0.15, -0.1) is 11.8 Å². The maximum Gasteiger partial charge on any atom is 0.0176 e. The first-order valence-electron chi connectivity index (χ1n) is 5.44. The molecule has 0 N–H and O–H groups in total. The lowest BCUT2D eigenvalue weighted by molar-refractivity contribution is 0.560. The van der Waals surface area contributed by atoms with E-state index in [1.165, 1.54) is 24.2 Å². The molecule has 0 saturated carbocycles. The lowest BCUT2D eigenvalue weighted by Crippen LogP contribution is -2.17. The molecule has 1 aromatic rings. The summed E-state index contributed by atoms with van der Waals surface area (Å²) in [6, 6.07) is 10.7. The Bertz CT molecular complexity index is 255. The summed E-state index contributed by atoms with van der Waals surface area (Å²) in [5.41, 5.74) is 0. The highest BCUT2D eigenvalue weighted by Gasteiger charge is 2.21. The van der Waals surface area contributed by atoms with Gasteiger partial charge in [0.05, 0.1) is 0 Å². The van der Waals surface area contributed by atoms with E-state index in [0.717, 1.165) is 0 Å². The number of benzene rings is 1. The second-order valence-electron chi connectivity index (χ2n) is 3.97. The van der Waals surface area contributed by atoms with Crippen molar-refractivity contribution < 1.29 is 0 Å². The van der Waals surface area contributed by atoms with E-state index < -0.39 is 0 Å². The standard InChI is InChI=1S/C13H20S/c1-4-11-13(3,5-2)14-12-9-7-6-8-10-12/h6-10H,4-5,11H2,1-3H3. The number of rotatable bonds is 5. The first-order chi connectivity index (χ1) is 6.70. The van der Waals surface area contributed by atoms with Crippen molar-refractivity contribution in [2.45, 2.75) is 49.7 Å². The third-order valence-electron chi connectivity index (χ3n) is 2.63. The maximum absolute atomic E-state index is 2.37. The topological polar surface area (TPSA) is 0 Å². The molecular formula is C13H20S. The van der Waals surface area contributed by atoms with Crippen molar-refractivity contribution >= 4 is 11.8 Å². The van der Waals surface area contributed by atoms with Crippen LogP contribution in [0.5, 0.6) is 0 Å². The summed E-state index contributed by atoms with van der Waals surface area (Å²) < 4.78 is 0.413. The molecule has 78 valence electrons. The maximum atomic E-state index is 2.37. The Labute approximate surface area is 92.1 Å². The largest absolute Gasteiger partial charge is 0.120 e. The molecule has 1 heteroatoms. The van der Waals surface area contributed by atoms with Crippen LogP contribution >= 0.6 is 11.8 Å². The van der Waals surface area contributed by atoms with Gasteiger partial charge in [0.2, 0.25) is 0 Å². The van der Waals surface area contributed by atoms with Gasteiger partial charge in [0.15, 0.2) is 0 Å². The lowest BCUT2D eigenvalue weighted by Gasteiger charge is -2.27. The van der Waals surface area contributed by atoms with Crippen molar-refractivity contribution in [2.75, 3.05) is 0 Å². The van der Waals surface area contributed by atoms with E-state index in [-0.39, 0.29) is 0 Å². The summed E-state index contributed by atoms with van der Waals surface area (Å²) in [5, 5.41) is 0. The third kappa shape index (κ3) is 3.38. The van der Waals surface area contributed by atoms with E-state index in [4.69, 9.17) is 0 Å². The second-order valence-corrected chi connectivity index (χ2v) is 5.63. The molecule has 1 unspecified atom stereocenters. The molecule has 0 bridgehead atoms. The summed E-state index contributed by atoms with van der Waals surface area (Å²) in [7, 11) is 0. The lowest BCUT2D eigenvalue weighted by atomic mass is 10.0. The molecule has 0 aliphatic rings. The smallest absolute Gasteiger partial charge is 0.0176 e. The summed E-state index contributed by atoms with van der Waals surface area (Å²) in [6.45, 7) is 6.92. The monoisotopic (exact) mass is 208 g/mol. The molecule has 0 aromatic heterocycles. The Morgan fingerprint density at radius 2 is 1.79 bits per heavy atom. The van der Waals surface area contributed by atoms with Crippen LogP contribution in [0.25, 0.3) is 0 Å². The van der Waals surface area contributed by atoms with E-state index in [1.54, 1.807) is 0 Å². The van der Waals surface area contributed by atoms with Gasteiger partial charge in [0, 0.05) is 9.64 Å². The van der Waals surface area contributed by atoms with Crippen LogP contribution in [0.1, 0.15) is 40.0 Å². The van der Waals surface area contributed by atoms with Gasteiger partial charge in [-0.3, -0.25) is 0 Å². The molecule has 0 aliphatic heterocycles. The fraction of sp³-hybridized carbons (Fsp3) is 0.538. The minimum absolute atomic E-state index is 0.413. The Morgan fingerprint density at radius 3 is 2.29 bits per heavy atom. The summed E-state index contributed by atoms with van der Waals surface area (Å²) in [4.78, 5) is 1.39. The molecule has 0 spiro atoms. The van der Waals surface area contributed by atoms with Gasteiger partial charge >= 0.3 is 0 Å². The zero-order chi connectivity index (χ0) is 10.4. The van der Waals surface area contributed by atoms with Gasteiger partial charge < -0.3 is 0 Å². The first-order valence-corrected chi connectivity index (χ1v) is 6.26. The Morgan fingerprint density at radius 1 is 1.14 bits per heavy atom. The molecule has 0 saturated heterocycles. The van der Waals surface area contributed by atoms with Crippen LogP contribution in [0.4, 0.5) is 0 Å². The quantitative estimate of drug-likeness (QED) is 0.629. The number of thioether (sulfide) groups is 1. The highest BCUT2D eigenvalue weighted by Crippen LogP contribution is 2.38. The highest BCUT2D eigenvalue weighted by molar-refractivity contribution is 8.00. The normalized spacial score (nSPS) is 15.1. The number of hydrogen-bond acceptors (Lipinski definition) is 1. The molecule has 0 nitrogen and oxygen atoms in total. The van der Waals surface area contributed by atoms with Gasteiger partial charge in [-0.25, -0.2) is 0 Å². The molecule has 0 aliphatic carbocycles. The zero-order valence-electron chi connectivity index (χ0n) is 9.42. The summed E-state index contributed by atoms with van der Waals surface area (Å²) in [5.74, 6) is 0. The van der Waals surface area contributed by atoms with E-state index in [0.29, 0.717) is 4.75 Å². The van der Waals surface area contributed by atoms with Gasteiger partial charge in [-0.05, 0) is 25.0 Å². The van der Waals surface area contributed by atoms with E-state index in [1.807, 2.05) is 11.8 Å². The van der Waals surface area contributed by atoms with Crippen LogP contribution in [-0.2, 0) is 0 Å². The molecule has 0 fully saturated rings. The first kappa shape index (κ1) is 11.6. The van der Waals surface area contributed by atoms with Crippen molar-refractivity contribution in [3.63, 3.8) is 0 Å². The van der Waals surface area contributed by atoms with E-state index in [2.05, 4.69) is 51.1 Å². The van der Waals surface area contributed by atoms with Crippen molar-refractivity contribution in [1.29, 1.82) is 0 Å². The minimum Gasteiger partial charge on any atom is -0.120 e. The zero-order valence-corrected chi connectivity index (χ0v) is 10.2. The third-order valence-corrected chi connectivity index (χ3v) is 4.13. The second kappa shape index (κ2) is 5.45. The van der Waals surface area contributed by atoms with Gasteiger partial charge in [0.1, 0.15) is 0 Å². The van der Waals surface area contributed by atoms with Crippen LogP contribution in [0, 0.1) is 0 Å². The van der Waals surface area contributed by atoms with Crippen LogP contribution < -0.4 is 0 Å². The van der Waals surface area contributed by atoms with Crippen molar-refractivity contribution in [1.82, 2.24) is 0 Å². The molecule has 14 heavy (non-hydrogen) atoms. The van der Waals surface area contributed by atoms with Crippen LogP contribution in [-0.4, -0.2) is 4.75 Å². The Kier molecular flexibility index (Phi) is 4.53. The average molecular weight is 208 g/mol. The van der Waals surface area contributed by atoms with Crippen molar-refractivity contribution in [3.05, 3.63) is 30.3 Å². The van der Waals surface area contributed by atoms with E-state index >= 15 is 0 Å². The molecular weight excluding hydrogens is 188 g/mol. The Hall–Kier alpha value is -0.430. The average Bonchev–Trinajstić information content (AvgIpc) is 2.20. The SMILES string of the molecule is CCCC(C)(CC)Sc1ccccc1. The van der Waals surface area contributed by atoms with Crippen molar-refractivity contribution in [2.24, 2.45) is 0 Å². The highest BCUT2D eigenvalue weighted by atomic mass is 32.2. The Balaban J connectivity index is 2.65. The van der Waals surface area contributed by atoms with Crippen LogP contribution in [0.3, 0.4) is 0 Å². The fourth-order valence-electron chi connectivity index (χ4n) is 1.60. The van der Waals surface area contributed by atoms with Crippen LogP contribution in [0.2, 0.25) is 0 Å². The predicted octanol–water partition coefficient (Wildman–Crippen LogP) is 4.75. The van der Waals surface area contributed by atoms with Crippen LogP contribution in [0.15, 0.2) is 35.2 Å². The van der Waals surface area contributed by atoms with Gasteiger partial charge in [-0.1, -0.05) is 45.4 Å². The molecule has 1 aromatic carbocycles. The van der Waals surface area contributed by atoms with Gasteiger partial charge in [0.25, 0.3) is 0 Å². The van der Waals surface area contributed by atoms with Gasteiger partial charge in [-0.2, -0.15) is 0 Å². The fourth-order valence-corrected chi connectivity index (χ4v) is 2.91. The number of hydrogen-bond donors (Lipinski definition) is 0.